The Balaban J connectivity index is 2.03. The summed E-state index contributed by atoms with van der Waals surface area (Å²) in [6.45, 7) is 5.93. The van der Waals surface area contributed by atoms with Gasteiger partial charge in [0.2, 0.25) is 5.95 Å². The molecule has 4 nitrogen and oxygen atoms in total. The van der Waals surface area contributed by atoms with Crippen molar-refractivity contribution in [3.63, 3.8) is 0 Å². The van der Waals surface area contributed by atoms with E-state index in [1.54, 1.807) is 0 Å². The second-order valence-electron chi connectivity index (χ2n) is 5.46. The SMILES string of the molecule is CCNc1nc(C)cc(N2CCCCc3ccccc32)n1. The third-order valence-corrected chi connectivity index (χ3v) is 3.81. The maximum atomic E-state index is 4.69. The Morgan fingerprint density at radius 3 is 2.90 bits per heavy atom. The predicted octanol–water partition coefficient (Wildman–Crippen LogP) is 3.69. The summed E-state index contributed by atoms with van der Waals surface area (Å²) in [5.74, 6) is 1.71. The first-order chi connectivity index (χ1) is 10.3. The van der Waals surface area contributed by atoms with Gasteiger partial charge in [-0.15, -0.1) is 0 Å². The summed E-state index contributed by atoms with van der Waals surface area (Å²) in [7, 11) is 0. The Labute approximate surface area is 126 Å². The highest BCUT2D eigenvalue weighted by Gasteiger charge is 2.18. The molecule has 0 unspecified atom stereocenters. The van der Waals surface area contributed by atoms with Crippen LogP contribution in [0.25, 0.3) is 0 Å². The molecule has 0 aliphatic carbocycles. The Morgan fingerprint density at radius 1 is 1.19 bits per heavy atom. The van der Waals surface area contributed by atoms with Crippen molar-refractivity contribution in [1.82, 2.24) is 9.97 Å². The number of hydrogen-bond donors (Lipinski definition) is 1. The van der Waals surface area contributed by atoms with Gasteiger partial charge in [-0.3, -0.25) is 0 Å². The molecular weight excluding hydrogens is 260 g/mol. The number of para-hydroxylation sites is 1. The molecule has 4 heteroatoms. The zero-order chi connectivity index (χ0) is 14.7. The molecule has 1 aliphatic heterocycles. The van der Waals surface area contributed by atoms with Gasteiger partial charge in [0.1, 0.15) is 5.82 Å². The van der Waals surface area contributed by atoms with Crippen molar-refractivity contribution in [2.75, 3.05) is 23.3 Å². The summed E-state index contributed by atoms with van der Waals surface area (Å²) >= 11 is 0. The third-order valence-electron chi connectivity index (χ3n) is 3.81. The number of anilines is 3. The molecule has 0 radical (unpaired) electrons. The summed E-state index contributed by atoms with van der Waals surface area (Å²) in [6.07, 6.45) is 3.57. The van der Waals surface area contributed by atoms with Gasteiger partial charge in [0.05, 0.1) is 0 Å². The van der Waals surface area contributed by atoms with Crippen molar-refractivity contribution in [2.45, 2.75) is 33.1 Å². The molecule has 0 fully saturated rings. The highest BCUT2D eigenvalue weighted by molar-refractivity contribution is 5.65. The smallest absolute Gasteiger partial charge is 0.224 e. The molecule has 21 heavy (non-hydrogen) atoms. The van der Waals surface area contributed by atoms with E-state index in [2.05, 4.69) is 52.5 Å². The standard InChI is InChI=1S/C17H22N4/c1-3-18-17-19-13(2)12-16(20-17)21-11-7-6-9-14-8-4-5-10-15(14)21/h4-5,8,10,12H,3,6-7,9,11H2,1-2H3,(H,18,19,20). The van der Waals surface area contributed by atoms with Crippen molar-refractivity contribution < 1.29 is 0 Å². The molecule has 0 atom stereocenters. The molecule has 110 valence electrons. The lowest BCUT2D eigenvalue weighted by atomic mass is 10.1. The molecule has 2 heterocycles. The van der Waals surface area contributed by atoms with E-state index < -0.39 is 0 Å². The minimum Gasteiger partial charge on any atom is -0.354 e. The van der Waals surface area contributed by atoms with Crippen LogP contribution in [0.5, 0.6) is 0 Å². The lowest BCUT2D eigenvalue weighted by Crippen LogP contribution is -2.20. The third kappa shape index (κ3) is 2.99. The Morgan fingerprint density at radius 2 is 2.05 bits per heavy atom. The van der Waals surface area contributed by atoms with Crippen molar-refractivity contribution in [2.24, 2.45) is 0 Å². The zero-order valence-corrected chi connectivity index (χ0v) is 12.8. The van der Waals surface area contributed by atoms with Gasteiger partial charge in [-0.2, -0.15) is 4.98 Å². The molecule has 0 saturated heterocycles. The Kier molecular flexibility index (Phi) is 4.04. The second-order valence-corrected chi connectivity index (χ2v) is 5.46. The molecule has 0 spiro atoms. The number of benzene rings is 1. The van der Waals surface area contributed by atoms with Crippen molar-refractivity contribution in [3.8, 4) is 0 Å². The van der Waals surface area contributed by atoms with E-state index in [1.807, 2.05) is 6.92 Å². The molecule has 0 bridgehead atoms. The fraction of sp³-hybridized carbons (Fsp3) is 0.412. The van der Waals surface area contributed by atoms with Crippen LogP contribution < -0.4 is 10.2 Å². The van der Waals surface area contributed by atoms with Crippen LogP contribution in [0.2, 0.25) is 0 Å². The predicted molar refractivity (Wildman–Crippen MR) is 87.3 cm³/mol. The number of rotatable bonds is 3. The average Bonchev–Trinajstić information content (AvgIpc) is 2.69. The zero-order valence-electron chi connectivity index (χ0n) is 12.8. The number of hydrogen-bond acceptors (Lipinski definition) is 4. The van der Waals surface area contributed by atoms with E-state index in [4.69, 9.17) is 4.98 Å². The van der Waals surface area contributed by atoms with E-state index in [0.29, 0.717) is 5.95 Å². The highest BCUT2D eigenvalue weighted by Crippen LogP contribution is 2.32. The van der Waals surface area contributed by atoms with Gasteiger partial charge >= 0.3 is 0 Å². The normalized spacial score (nSPS) is 14.5. The summed E-state index contributed by atoms with van der Waals surface area (Å²) < 4.78 is 0. The van der Waals surface area contributed by atoms with E-state index in [9.17, 15) is 0 Å². The van der Waals surface area contributed by atoms with Gasteiger partial charge in [0, 0.05) is 30.5 Å². The van der Waals surface area contributed by atoms with Crippen molar-refractivity contribution >= 4 is 17.5 Å². The first-order valence-corrected chi connectivity index (χ1v) is 7.73. The number of aryl methyl sites for hydroxylation is 2. The summed E-state index contributed by atoms with van der Waals surface area (Å²) in [5.41, 5.74) is 3.70. The number of aromatic nitrogens is 2. The number of fused-ring (bicyclic) bond motifs is 1. The van der Waals surface area contributed by atoms with E-state index >= 15 is 0 Å². The maximum absolute atomic E-state index is 4.69. The molecule has 2 aromatic rings. The molecule has 1 N–H and O–H groups in total. The van der Waals surface area contributed by atoms with E-state index in [0.717, 1.165) is 31.0 Å². The molecule has 0 saturated carbocycles. The summed E-state index contributed by atoms with van der Waals surface area (Å²) in [4.78, 5) is 11.5. The fourth-order valence-electron chi connectivity index (χ4n) is 2.86. The Hall–Kier alpha value is -2.10. The van der Waals surface area contributed by atoms with Crippen LogP contribution in [-0.2, 0) is 6.42 Å². The first-order valence-electron chi connectivity index (χ1n) is 7.73. The lowest BCUT2D eigenvalue weighted by molar-refractivity contribution is 0.757. The highest BCUT2D eigenvalue weighted by atomic mass is 15.2. The van der Waals surface area contributed by atoms with Gasteiger partial charge in [0.25, 0.3) is 0 Å². The van der Waals surface area contributed by atoms with Gasteiger partial charge < -0.3 is 10.2 Å². The van der Waals surface area contributed by atoms with Crippen LogP contribution in [0.3, 0.4) is 0 Å². The molecule has 1 aromatic heterocycles. The fourth-order valence-corrected chi connectivity index (χ4v) is 2.86. The number of nitrogens with one attached hydrogen (secondary N) is 1. The second kappa shape index (κ2) is 6.12. The average molecular weight is 282 g/mol. The minimum atomic E-state index is 0.717. The summed E-state index contributed by atoms with van der Waals surface area (Å²) in [5, 5.41) is 3.22. The lowest BCUT2D eigenvalue weighted by Gasteiger charge is -2.24. The van der Waals surface area contributed by atoms with Crippen LogP contribution in [-0.4, -0.2) is 23.1 Å². The van der Waals surface area contributed by atoms with Crippen LogP contribution >= 0.6 is 0 Å². The van der Waals surface area contributed by atoms with Crippen LogP contribution in [0.1, 0.15) is 31.0 Å². The number of nitrogens with zero attached hydrogens (tertiary/aromatic N) is 3. The molecular formula is C17H22N4. The van der Waals surface area contributed by atoms with Crippen LogP contribution in [0, 0.1) is 6.92 Å². The van der Waals surface area contributed by atoms with Gasteiger partial charge in [-0.1, -0.05) is 18.2 Å². The van der Waals surface area contributed by atoms with E-state index in [1.165, 1.54) is 24.1 Å². The van der Waals surface area contributed by atoms with Crippen molar-refractivity contribution in [3.05, 3.63) is 41.6 Å². The maximum Gasteiger partial charge on any atom is 0.224 e. The van der Waals surface area contributed by atoms with Crippen LogP contribution in [0.15, 0.2) is 30.3 Å². The monoisotopic (exact) mass is 282 g/mol. The molecule has 3 rings (SSSR count). The molecule has 1 aromatic carbocycles. The largest absolute Gasteiger partial charge is 0.354 e. The van der Waals surface area contributed by atoms with Gasteiger partial charge in [0.15, 0.2) is 0 Å². The van der Waals surface area contributed by atoms with Gasteiger partial charge in [-0.25, -0.2) is 4.98 Å². The molecule has 1 aliphatic rings. The topological polar surface area (TPSA) is 41.1 Å². The Bertz CT molecular complexity index is 624. The van der Waals surface area contributed by atoms with E-state index in [-0.39, 0.29) is 0 Å². The quantitative estimate of drug-likeness (QED) is 0.932. The van der Waals surface area contributed by atoms with Gasteiger partial charge in [-0.05, 0) is 44.7 Å². The first kappa shape index (κ1) is 13.9. The molecule has 0 amide bonds. The minimum absolute atomic E-state index is 0.717. The van der Waals surface area contributed by atoms with Crippen molar-refractivity contribution in [1.29, 1.82) is 0 Å². The van der Waals surface area contributed by atoms with Crippen LogP contribution in [0.4, 0.5) is 17.5 Å². The summed E-state index contributed by atoms with van der Waals surface area (Å²) in [6, 6.07) is 10.7.